The van der Waals surface area contributed by atoms with E-state index in [1.807, 2.05) is 81.4 Å². The Labute approximate surface area is 189 Å². The van der Waals surface area contributed by atoms with Crippen LogP contribution in [0.25, 0.3) is 0 Å². The van der Waals surface area contributed by atoms with Gasteiger partial charge in [0.25, 0.3) is 0 Å². The Morgan fingerprint density at radius 2 is 1.62 bits per heavy atom. The maximum atomic E-state index is 12.0. The highest BCUT2D eigenvalue weighted by Gasteiger charge is 2.09. The molecular formula is C26H30N2O4. The van der Waals surface area contributed by atoms with Gasteiger partial charge in [0.1, 0.15) is 18.1 Å². The Morgan fingerprint density at radius 1 is 0.906 bits per heavy atom. The summed E-state index contributed by atoms with van der Waals surface area (Å²) in [6, 6.07) is 21.1. The smallest absolute Gasteiger partial charge is 0.407 e. The zero-order valence-electron chi connectivity index (χ0n) is 18.8. The molecule has 1 heterocycles. The summed E-state index contributed by atoms with van der Waals surface area (Å²) in [6.07, 6.45) is 3.00. The summed E-state index contributed by atoms with van der Waals surface area (Å²) >= 11 is 0. The predicted molar refractivity (Wildman–Crippen MR) is 124 cm³/mol. The zero-order valence-corrected chi connectivity index (χ0v) is 18.8. The zero-order chi connectivity index (χ0) is 22.8. The van der Waals surface area contributed by atoms with Gasteiger partial charge in [-0.2, -0.15) is 0 Å². The Hall–Kier alpha value is -3.54. The molecule has 6 nitrogen and oxygen atoms in total. The van der Waals surface area contributed by atoms with E-state index >= 15 is 0 Å². The van der Waals surface area contributed by atoms with Gasteiger partial charge in [-0.3, -0.25) is 0 Å². The SMILES string of the molecule is CC(CCc1ccc(Oc2ccc(OC(C)C)cn2)cc1)NC(=O)OCc1ccccc1. The molecule has 168 valence electrons. The molecule has 0 aliphatic rings. The van der Waals surface area contributed by atoms with E-state index in [0.29, 0.717) is 5.88 Å². The van der Waals surface area contributed by atoms with E-state index in [2.05, 4.69) is 10.3 Å². The van der Waals surface area contributed by atoms with Gasteiger partial charge in [-0.15, -0.1) is 0 Å². The molecule has 0 radical (unpaired) electrons. The third kappa shape index (κ3) is 7.95. The van der Waals surface area contributed by atoms with Crippen molar-refractivity contribution in [2.75, 3.05) is 0 Å². The third-order valence-electron chi connectivity index (χ3n) is 4.67. The summed E-state index contributed by atoms with van der Waals surface area (Å²) in [5, 5.41) is 2.88. The van der Waals surface area contributed by atoms with Crippen LogP contribution in [0.2, 0.25) is 0 Å². The van der Waals surface area contributed by atoms with Crippen LogP contribution in [0.3, 0.4) is 0 Å². The summed E-state index contributed by atoms with van der Waals surface area (Å²) in [5.41, 5.74) is 2.13. The standard InChI is InChI=1S/C26H30N2O4/c1-19(2)31-24-15-16-25(27-17-24)32-23-13-11-21(12-14-23)10-9-20(3)28-26(29)30-18-22-7-5-4-6-8-22/h4-8,11-17,19-20H,9-10,18H2,1-3H3,(H,28,29). The Balaban J connectivity index is 1.39. The average molecular weight is 435 g/mol. The number of rotatable bonds is 10. The van der Waals surface area contributed by atoms with Crippen molar-refractivity contribution in [3.05, 3.63) is 84.1 Å². The fourth-order valence-electron chi connectivity index (χ4n) is 3.04. The molecule has 0 spiro atoms. The first-order valence-corrected chi connectivity index (χ1v) is 10.8. The lowest BCUT2D eigenvalue weighted by atomic mass is 10.1. The van der Waals surface area contributed by atoms with Crippen LogP contribution < -0.4 is 14.8 Å². The van der Waals surface area contributed by atoms with Crippen molar-refractivity contribution < 1.29 is 19.0 Å². The maximum absolute atomic E-state index is 12.0. The van der Waals surface area contributed by atoms with Crippen molar-refractivity contribution in [3.8, 4) is 17.4 Å². The maximum Gasteiger partial charge on any atom is 0.407 e. The molecule has 0 aliphatic carbocycles. The van der Waals surface area contributed by atoms with Crippen LogP contribution in [0.5, 0.6) is 17.4 Å². The molecule has 0 fully saturated rings. The van der Waals surface area contributed by atoms with Crippen molar-refractivity contribution in [1.82, 2.24) is 10.3 Å². The highest BCUT2D eigenvalue weighted by molar-refractivity contribution is 5.67. The molecule has 3 aromatic rings. The fourth-order valence-corrected chi connectivity index (χ4v) is 3.04. The molecule has 2 aromatic carbocycles. The highest BCUT2D eigenvalue weighted by atomic mass is 16.5. The molecule has 1 aromatic heterocycles. The van der Waals surface area contributed by atoms with Crippen LogP contribution in [-0.2, 0) is 17.8 Å². The van der Waals surface area contributed by atoms with Gasteiger partial charge in [-0.1, -0.05) is 42.5 Å². The van der Waals surface area contributed by atoms with E-state index < -0.39 is 6.09 Å². The topological polar surface area (TPSA) is 69.7 Å². The highest BCUT2D eigenvalue weighted by Crippen LogP contribution is 2.22. The molecule has 0 aliphatic heterocycles. The molecule has 6 heteroatoms. The second kappa shape index (κ2) is 11.7. The molecule has 32 heavy (non-hydrogen) atoms. The van der Waals surface area contributed by atoms with Gasteiger partial charge in [0.15, 0.2) is 0 Å². The Kier molecular flexibility index (Phi) is 8.49. The van der Waals surface area contributed by atoms with Gasteiger partial charge in [-0.05, 0) is 62.9 Å². The Morgan fingerprint density at radius 3 is 2.28 bits per heavy atom. The van der Waals surface area contributed by atoms with Crippen molar-refractivity contribution in [1.29, 1.82) is 0 Å². The summed E-state index contributed by atoms with van der Waals surface area (Å²) in [4.78, 5) is 16.2. The van der Waals surface area contributed by atoms with Crippen molar-refractivity contribution in [3.63, 3.8) is 0 Å². The second-order valence-electron chi connectivity index (χ2n) is 7.89. The lowest BCUT2D eigenvalue weighted by molar-refractivity contribution is 0.136. The van der Waals surface area contributed by atoms with E-state index in [4.69, 9.17) is 14.2 Å². The number of nitrogens with one attached hydrogen (secondary N) is 1. The lowest BCUT2D eigenvalue weighted by Gasteiger charge is -2.14. The predicted octanol–water partition coefficient (Wildman–Crippen LogP) is 5.91. The van der Waals surface area contributed by atoms with Crippen LogP contribution >= 0.6 is 0 Å². The summed E-state index contributed by atoms with van der Waals surface area (Å²) in [7, 11) is 0. The number of amides is 1. The minimum atomic E-state index is -0.401. The molecule has 1 N–H and O–H groups in total. The van der Waals surface area contributed by atoms with Crippen LogP contribution in [0.15, 0.2) is 72.9 Å². The minimum Gasteiger partial charge on any atom is -0.489 e. The van der Waals surface area contributed by atoms with Crippen molar-refractivity contribution in [2.24, 2.45) is 0 Å². The number of pyridine rings is 1. The van der Waals surface area contributed by atoms with Gasteiger partial charge in [0, 0.05) is 12.1 Å². The number of hydrogen-bond acceptors (Lipinski definition) is 5. The average Bonchev–Trinajstić information content (AvgIpc) is 2.79. The number of nitrogens with zero attached hydrogens (tertiary/aromatic N) is 1. The first-order chi connectivity index (χ1) is 15.5. The number of alkyl carbamates (subject to hydrolysis) is 1. The van der Waals surface area contributed by atoms with Crippen molar-refractivity contribution >= 4 is 6.09 Å². The number of benzene rings is 2. The summed E-state index contributed by atoms with van der Waals surface area (Å²) in [6.45, 7) is 6.18. The second-order valence-corrected chi connectivity index (χ2v) is 7.89. The molecule has 0 saturated heterocycles. The van der Waals surface area contributed by atoms with Gasteiger partial charge >= 0.3 is 6.09 Å². The Bertz CT molecular complexity index is 957. The molecule has 1 unspecified atom stereocenters. The van der Waals surface area contributed by atoms with Crippen LogP contribution in [0.1, 0.15) is 38.3 Å². The van der Waals surface area contributed by atoms with E-state index in [1.54, 1.807) is 12.3 Å². The largest absolute Gasteiger partial charge is 0.489 e. The van der Waals surface area contributed by atoms with Gasteiger partial charge < -0.3 is 19.5 Å². The molecule has 0 saturated carbocycles. The first kappa shape index (κ1) is 23.1. The molecule has 1 atom stereocenters. The minimum absolute atomic E-state index is 0.00460. The van der Waals surface area contributed by atoms with Gasteiger partial charge in [0.05, 0.1) is 12.3 Å². The molecule has 3 rings (SSSR count). The van der Waals surface area contributed by atoms with Gasteiger partial charge in [0.2, 0.25) is 5.88 Å². The van der Waals surface area contributed by atoms with Crippen LogP contribution in [0, 0.1) is 0 Å². The third-order valence-corrected chi connectivity index (χ3v) is 4.67. The summed E-state index contributed by atoms with van der Waals surface area (Å²) in [5.74, 6) is 1.95. The van der Waals surface area contributed by atoms with Crippen molar-refractivity contribution in [2.45, 2.75) is 52.4 Å². The van der Waals surface area contributed by atoms with Gasteiger partial charge in [-0.25, -0.2) is 9.78 Å². The monoisotopic (exact) mass is 434 g/mol. The van der Waals surface area contributed by atoms with Crippen LogP contribution in [-0.4, -0.2) is 23.2 Å². The van der Waals surface area contributed by atoms with E-state index in [1.165, 1.54) is 0 Å². The fraction of sp³-hybridized carbons (Fsp3) is 0.308. The van der Waals surface area contributed by atoms with E-state index in [9.17, 15) is 4.79 Å². The number of carbonyl (C=O) groups excluding carboxylic acids is 1. The van der Waals surface area contributed by atoms with E-state index in [-0.39, 0.29) is 18.8 Å². The summed E-state index contributed by atoms with van der Waals surface area (Å²) < 4.78 is 16.7. The molecule has 1 amide bonds. The molecular weight excluding hydrogens is 404 g/mol. The lowest BCUT2D eigenvalue weighted by Crippen LogP contribution is -2.33. The molecule has 0 bridgehead atoms. The number of aromatic nitrogens is 1. The number of carbonyl (C=O) groups is 1. The normalized spacial score (nSPS) is 11.6. The van der Waals surface area contributed by atoms with Crippen LogP contribution in [0.4, 0.5) is 4.79 Å². The quantitative estimate of drug-likeness (QED) is 0.430. The number of ether oxygens (including phenoxy) is 3. The first-order valence-electron chi connectivity index (χ1n) is 10.8. The number of aryl methyl sites for hydroxylation is 1. The number of hydrogen-bond donors (Lipinski definition) is 1. The van der Waals surface area contributed by atoms with E-state index in [0.717, 1.165) is 35.5 Å².